The van der Waals surface area contributed by atoms with Gasteiger partial charge in [0.1, 0.15) is 0 Å². The number of amides is 1. The number of rotatable bonds is 6. The van der Waals surface area contributed by atoms with E-state index in [1.165, 1.54) is 5.56 Å². The predicted molar refractivity (Wildman–Crippen MR) is 99.7 cm³/mol. The predicted octanol–water partition coefficient (Wildman–Crippen LogP) is 3.19. The fraction of sp³-hybridized carbons (Fsp3) is 0.381. The average molecular weight is 338 g/mol. The van der Waals surface area contributed by atoms with E-state index in [-0.39, 0.29) is 12.0 Å². The quantitative estimate of drug-likeness (QED) is 0.823. The topological polar surface area (TPSA) is 41.6 Å². The van der Waals surface area contributed by atoms with Crippen LogP contribution in [0.25, 0.3) is 0 Å². The van der Waals surface area contributed by atoms with E-state index in [9.17, 15) is 4.79 Å². The van der Waals surface area contributed by atoms with E-state index in [2.05, 4.69) is 34.5 Å². The minimum absolute atomic E-state index is 0.0160. The van der Waals surface area contributed by atoms with Crippen LogP contribution < -0.4 is 5.32 Å². The normalized spacial score (nSPS) is 18.0. The van der Waals surface area contributed by atoms with Crippen LogP contribution in [0.4, 0.5) is 0 Å². The highest BCUT2D eigenvalue weighted by atomic mass is 16.5. The molecule has 4 nitrogen and oxygen atoms in total. The van der Waals surface area contributed by atoms with Crippen molar-refractivity contribution in [3.8, 4) is 0 Å². The summed E-state index contributed by atoms with van der Waals surface area (Å²) in [4.78, 5) is 14.6. The first-order valence-corrected chi connectivity index (χ1v) is 8.97. The Hall–Kier alpha value is -2.17. The van der Waals surface area contributed by atoms with Gasteiger partial charge in [0.05, 0.1) is 12.7 Å². The number of hydrogen-bond acceptors (Lipinski definition) is 3. The van der Waals surface area contributed by atoms with Crippen molar-refractivity contribution in [2.75, 3.05) is 32.8 Å². The first kappa shape index (κ1) is 17.6. The van der Waals surface area contributed by atoms with Gasteiger partial charge in [-0.15, -0.1) is 0 Å². The summed E-state index contributed by atoms with van der Waals surface area (Å²) >= 11 is 0. The molecule has 1 N–H and O–H groups in total. The van der Waals surface area contributed by atoms with Crippen LogP contribution in [0.15, 0.2) is 54.6 Å². The fourth-order valence-electron chi connectivity index (χ4n) is 3.20. The molecule has 0 aliphatic carbocycles. The lowest BCUT2D eigenvalue weighted by molar-refractivity contribution is -0.0301. The summed E-state index contributed by atoms with van der Waals surface area (Å²) in [6.45, 7) is 6.26. The smallest absolute Gasteiger partial charge is 0.251 e. The van der Waals surface area contributed by atoms with E-state index in [0.29, 0.717) is 6.54 Å². The van der Waals surface area contributed by atoms with Crippen LogP contribution in [0.2, 0.25) is 0 Å². The molecule has 1 amide bonds. The monoisotopic (exact) mass is 338 g/mol. The second-order valence-electron chi connectivity index (χ2n) is 6.50. The van der Waals surface area contributed by atoms with Crippen molar-refractivity contribution in [2.45, 2.75) is 19.4 Å². The largest absolute Gasteiger partial charge is 0.371 e. The average Bonchev–Trinajstić information content (AvgIpc) is 2.66. The van der Waals surface area contributed by atoms with Gasteiger partial charge in [-0.2, -0.15) is 0 Å². The maximum absolute atomic E-state index is 12.2. The molecule has 1 aliphatic heterocycles. The number of morpholine rings is 1. The Morgan fingerprint density at radius 3 is 2.72 bits per heavy atom. The zero-order valence-electron chi connectivity index (χ0n) is 14.8. The van der Waals surface area contributed by atoms with Gasteiger partial charge in [0.15, 0.2) is 0 Å². The van der Waals surface area contributed by atoms with Crippen LogP contribution >= 0.6 is 0 Å². The highest BCUT2D eigenvalue weighted by Crippen LogP contribution is 2.21. The number of nitrogens with zero attached hydrogens (tertiary/aromatic N) is 1. The first-order valence-electron chi connectivity index (χ1n) is 8.97. The Morgan fingerprint density at radius 2 is 1.92 bits per heavy atom. The molecule has 0 aromatic heterocycles. The molecule has 1 atom stereocenters. The summed E-state index contributed by atoms with van der Waals surface area (Å²) in [6.07, 6.45) is 1.09. The first-order chi connectivity index (χ1) is 12.2. The Morgan fingerprint density at radius 1 is 1.16 bits per heavy atom. The van der Waals surface area contributed by atoms with E-state index >= 15 is 0 Å². The zero-order chi connectivity index (χ0) is 17.5. The Kier molecular flexibility index (Phi) is 6.20. The second kappa shape index (κ2) is 8.79. The minimum Gasteiger partial charge on any atom is -0.371 e. The van der Waals surface area contributed by atoms with Gasteiger partial charge in [-0.05, 0) is 30.5 Å². The van der Waals surface area contributed by atoms with Gasteiger partial charge >= 0.3 is 0 Å². The van der Waals surface area contributed by atoms with Gasteiger partial charge in [-0.1, -0.05) is 48.5 Å². The standard InChI is InChI=1S/C21H26N2O2/c1-17-8-5-6-11-19(17)21(24)22-12-7-13-23-14-15-25-20(16-23)18-9-3-2-4-10-18/h2-6,8-11,20H,7,12-16H2,1H3,(H,22,24). The van der Waals surface area contributed by atoms with Crippen LogP contribution in [0, 0.1) is 6.92 Å². The lowest BCUT2D eigenvalue weighted by Gasteiger charge is -2.33. The van der Waals surface area contributed by atoms with Crippen molar-refractivity contribution in [2.24, 2.45) is 0 Å². The van der Waals surface area contributed by atoms with Gasteiger partial charge in [-0.3, -0.25) is 9.69 Å². The Balaban J connectivity index is 1.42. The fourth-order valence-corrected chi connectivity index (χ4v) is 3.20. The lowest BCUT2D eigenvalue weighted by atomic mass is 10.1. The van der Waals surface area contributed by atoms with Crippen molar-refractivity contribution >= 4 is 5.91 Å². The molecule has 3 rings (SSSR count). The van der Waals surface area contributed by atoms with Gasteiger partial charge in [-0.25, -0.2) is 0 Å². The maximum Gasteiger partial charge on any atom is 0.251 e. The van der Waals surface area contributed by atoms with E-state index in [1.807, 2.05) is 37.3 Å². The summed E-state index contributed by atoms with van der Waals surface area (Å²) in [5.41, 5.74) is 3.01. The lowest BCUT2D eigenvalue weighted by Crippen LogP contribution is -2.39. The van der Waals surface area contributed by atoms with Crippen LogP contribution in [-0.4, -0.2) is 43.6 Å². The molecular weight excluding hydrogens is 312 g/mol. The van der Waals surface area contributed by atoms with Crippen molar-refractivity contribution in [3.63, 3.8) is 0 Å². The molecule has 1 fully saturated rings. The molecule has 1 aliphatic rings. The third-order valence-electron chi connectivity index (χ3n) is 4.65. The second-order valence-corrected chi connectivity index (χ2v) is 6.50. The molecule has 4 heteroatoms. The molecule has 132 valence electrons. The molecule has 1 heterocycles. The molecule has 0 radical (unpaired) electrons. The number of carbonyl (C=O) groups is 1. The number of hydrogen-bond donors (Lipinski definition) is 1. The van der Waals surface area contributed by atoms with Crippen molar-refractivity contribution < 1.29 is 9.53 Å². The molecule has 1 saturated heterocycles. The Bertz CT molecular complexity index is 687. The highest BCUT2D eigenvalue weighted by Gasteiger charge is 2.21. The maximum atomic E-state index is 12.2. The molecule has 2 aromatic rings. The van der Waals surface area contributed by atoms with Gasteiger partial charge < -0.3 is 10.1 Å². The van der Waals surface area contributed by atoms with Gasteiger partial charge in [0.25, 0.3) is 5.91 Å². The van der Waals surface area contributed by atoms with Crippen LogP contribution in [0.5, 0.6) is 0 Å². The number of benzene rings is 2. The SMILES string of the molecule is Cc1ccccc1C(=O)NCCCN1CCOC(c2ccccc2)C1. The van der Waals surface area contributed by atoms with Gasteiger partial charge in [0, 0.05) is 31.7 Å². The summed E-state index contributed by atoms with van der Waals surface area (Å²) < 4.78 is 5.90. The van der Waals surface area contributed by atoms with Crippen molar-refractivity contribution in [3.05, 3.63) is 71.3 Å². The summed E-state index contributed by atoms with van der Waals surface area (Å²) in [6, 6.07) is 18.1. The van der Waals surface area contributed by atoms with E-state index < -0.39 is 0 Å². The molecule has 0 spiro atoms. The molecule has 25 heavy (non-hydrogen) atoms. The number of aryl methyl sites for hydroxylation is 1. The number of carbonyl (C=O) groups excluding carboxylic acids is 1. The van der Waals surface area contributed by atoms with Crippen molar-refractivity contribution in [1.82, 2.24) is 10.2 Å². The molecule has 1 unspecified atom stereocenters. The molecular formula is C21H26N2O2. The van der Waals surface area contributed by atoms with E-state index in [0.717, 1.165) is 43.8 Å². The highest BCUT2D eigenvalue weighted by molar-refractivity contribution is 5.95. The third-order valence-corrected chi connectivity index (χ3v) is 4.65. The molecule has 2 aromatic carbocycles. The minimum atomic E-state index is 0.0160. The van der Waals surface area contributed by atoms with Crippen LogP contribution in [-0.2, 0) is 4.74 Å². The number of nitrogens with one attached hydrogen (secondary N) is 1. The zero-order valence-corrected chi connectivity index (χ0v) is 14.8. The van der Waals surface area contributed by atoms with Crippen LogP contribution in [0.1, 0.15) is 34.0 Å². The summed E-state index contributed by atoms with van der Waals surface area (Å²) in [5.74, 6) is 0.0160. The molecule has 0 saturated carbocycles. The summed E-state index contributed by atoms with van der Waals surface area (Å²) in [5, 5.41) is 3.03. The molecule has 0 bridgehead atoms. The van der Waals surface area contributed by atoms with Crippen LogP contribution in [0.3, 0.4) is 0 Å². The Labute approximate surface area is 149 Å². The van der Waals surface area contributed by atoms with E-state index in [1.54, 1.807) is 0 Å². The number of ether oxygens (including phenoxy) is 1. The summed E-state index contributed by atoms with van der Waals surface area (Å²) in [7, 11) is 0. The van der Waals surface area contributed by atoms with E-state index in [4.69, 9.17) is 4.74 Å². The third kappa shape index (κ3) is 4.91. The van der Waals surface area contributed by atoms with Crippen molar-refractivity contribution in [1.29, 1.82) is 0 Å². The van der Waals surface area contributed by atoms with Gasteiger partial charge in [0.2, 0.25) is 0 Å².